The van der Waals surface area contributed by atoms with Crippen molar-refractivity contribution in [2.45, 2.75) is 25.3 Å². The van der Waals surface area contributed by atoms with Gasteiger partial charge in [0.1, 0.15) is 0 Å². The van der Waals surface area contributed by atoms with Crippen LogP contribution < -0.4 is 17.0 Å². The highest BCUT2D eigenvalue weighted by Crippen LogP contribution is 2.27. The summed E-state index contributed by atoms with van der Waals surface area (Å²) in [6, 6.07) is 0.359. The van der Waals surface area contributed by atoms with Crippen molar-refractivity contribution in [3.05, 3.63) is 12.3 Å². The monoisotopic (exact) mass is 141 g/mol. The molecule has 58 valence electrons. The summed E-state index contributed by atoms with van der Waals surface area (Å²) in [5, 5.41) is 0. The first-order chi connectivity index (χ1) is 4.75. The molecule has 1 aliphatic carbocycles. The van der Waals surface area contributed by atoms with Gasteiger partial charge in [0.15, 0.2) is 0 Å². The number of hydrazine groups is 1. The minimum absolute atomic E-state index is 0.359. The van der Waals surface area contributed by atoms with E-state index in [-0.39, 0.29) is 0 Å². The molecule has 0 amide bonds. The number of rotatable bonds is 2. The van der Waals surface area contributed by atoms with Gasteiger partial charge in [-0.1, -0.05) is 13.0 Å². The van der Waals surface area contributed by atoms with E-state index in [4.69, 9.17) is 11.6 Å². The zero-order valence-corrected chi connectivity index (χ0v) is 6.14. The van der Waals surface area contributed by atoms with Gasteiger partial charge in [0, 0.05) is 17.7 Å². The second-order valence-corrected chi connectivity index (χ2v) is 2.89. The molecule has 1 saturated carbocycles. The van der Waals surface area contributed by atoms with Gasteiger partial charge >= 0.3 is 0 Å². The third-order valence-corrected chi connectivity index (χ3v) is 2.21. The molecule has 3 nitrogen and oxygen atoms in total. The molecule has 0 aromatic carbocycles. The van der Waals surface area contributed by atoms with Crippen LogP contribution in [0.15, 0.2) is 12.3 Å². The third-order valence-electron chi connectivity index (χ3n) is 2.21. The Balaban J connectivity index is 2.50. The highest BCUT2D eigenvalue weighted by atomic mass is 15.2. The molecule has 1 aliphatic rings. The maximum absolute atomic E-state index is 5.57. The van der Waals surface area contributed by atoms with Gasteiger partial charge < -0.3 is 5.73 Å². The van der Waals surface area contributed by atoms with Crippen LogP contribution in [0.3, 0.4) is 0 Å². The molecule has 0 aromatic rings. The fourth-order valence-corrected chi connectivity index (χ4v) is 1.60. The summed E-state index contributed by atoms with van der Waals surface area (Å²) >= 11 is 0. The van der Waals surface area contributed by atoms with Crippen molar-refractivity contribution in [3.63, 3.8) is 0 Å². The number of hydrogen-bond donors (Lipinski definition) is 3. The van der Waals surface area contributed by atoms with Crippen molar-refractivity contribution in [1.82, 2.24) is 5.43 Å². The van der Waals surface area contributed by atoms with Gasteiger partial charge in [0.05, 0.1) is 0 Å². The summed E-state index contributed by atoms with van der Waals surface area (Å²) in [7, 11) is 0. The SMILES string of the molecule is C=C(N)C1CCCC1NN. The van der Waals surface area contributed by atoms with E-state index in [0.717, 1.165) is 18.5 Å². The summed E-state index contributed by atoms with van der Waals surface area (Å²) in [4.78, 5) is 0. The van der Waals surface area contributed by atoms with Crippen molar-refractivity contribution in [2.75, 3.05) is 0 Å². The molecular weight excluding hydrogens is 126 g/mol. The van der Waals surface area contributed by atoms with E-state index in [0.29, 0.717) is 12.0 Å². The zero-order chi connectivity index (χ0) is 7.56. The van der Waals surface area contributed by atoms with Gasteiger partial charge in [-0.05, 0) is 12.8 Å². The van der Waals surface area contributed by atoms with Crippen molar-refractivity contribution >= 4 is 0 Å². The molecule has 1 fully saturated rings. The van der Waals surface area contributed by atoms with Crippen molar-refractivity contribution < 1.29 is 0 Å². The number of hydrogen-bond acceptors (Lipinski definition) is 3. The lowest BCUT2D eigenvalue weighted by molar-refractivity contribution is 0.452. The topological polar surface area (TPSA) is 64.1 Å². The third kappa shape index (κ3) is 1.30. The molecule has 5 N–H and O–H groups in total. The largest absolute Gasteiger partial charge is 0.402 e. The van der Waals surface area contributed by atoms with Gasteiger partial charge in [-0.15, -0.1) is 0 Å². The first kappa shape index (κ1) is 7.57. The van der Waals surface area contributed by atoms with Crippen molar-refractivity contribution in [1.29, 1.82) is 0 Å². The predicted molar refractivity (Wildman–Crippen MR) is 41.8 cm³/mol. The van der Waals surface area contributed by atoms with Gasteiger partial charge in [0.25, 0.3) is 0 Å². The Hall–Kier alpha value is -0.540. The van der Waals surface area contributed by atoms with Crippen LogP contribution in [0, 0.1) is 5.92 Å². The maximum atomic E-state index is 5.57. The van der Waals surface area contributed by atoms with Crippen molar-refractivity contribution in [2.24, 2.45) is 17.5 Å². The molecule has 0 bridgehead atoms. The molecule has 0 spiro atoms. The van der Waals surface area contributed by atoms with Crippen LogP contribution in [0.4, 0.5) is 0 Å². The molecule has 0 saturated heterocycles. The lowest BCUT2D eigenvalue weighted by Crippen LogP contribution is -2.39. The average Bonchev–Trinajstić information content (AvgIpc) is 2.33. The van der Waals surface area contributed by atoms with Crippen LogP contribution in [0.2, 0.25) is 0 Å². The fourth-order valence-electron chi connectivity index (χ4n) is 1.60. The molecule has 0 radical (unpaired) electrons. The van der Waals surface area contributed by atoms with Crippen LogP contribution in [0.1, 0.15) is 19.3 Å². The summed E-state index contributed by atoms with van der Waals surface area (Å²) in [6.45, 7) is 3.72. The molecule has 0 aliphatic heterocycles. The Morgan fingerprint density at radius 3 is 2.60 bits per heavy atom. The van der Waals surface area contributed by atoms with E-state index in [1.807, 2.05) is 0 Å². The minimum atomic E-state index is 0.359. The average molecular weight is 141 g/mol. The van der Waals surface area contributed by atoms with E-state index < -0.39 is 0 Å². The Bertz CT molecular complexity index is 133. The van der Waals surface area contributed by atoms with Crippen LogP contribution in [0.25, 0.3) is 0 Å². The molecule has 0 heterocycles. The molecule has 2 unspecified atom stereocenters. The minimum Gasteiger partial charge on any atom is -0.402 e. The molecule has 10 heavy (non-hydrogen) atoms. The lowest BCUT2D eigenvalue weighted by Gasteiger charge is -2.17. The quantitative estimate of drug-likeness (QED) is 0.377. The van der Waals surface area contributed by atoms with Crippen molar-refractivity contribution in [3.8, 4) is 0 Å². The van der Waals surface area contributed by atoms with Gasteiger partial charge in [-0.2, -0.15) is 0 Å². The van der Waals surface area contributed by atoms with Crippen LogP contribution in [-0.2, 0) is 0 Å². The molecule has 2 atom stereocenters. The lowest BCUT2D eigenvalue weighted by atomic mass is 10.0. The standard InChI is InChI=1S/C7H15N3/c1-5(8)6-3-2-4-7(6)10-9/h6-7,10H,1-4,8-9H2. The van der Waals surface area contributed by atoms with E-state index in [1.54, 1.807) is 0 Å². The molecule has 1 rings (SSSR count). The van der Waals surface area contributed by atoms with Gasteiger partial charge in [0.2, 0.25) is 0 Å². The summed E-state index contributed by atoms with van der Waals surface area (Å²) < 4.78 is 0. The molecule has 0 aromatic heterocycles. The van der Waals surface area contributed by atoms with E-state index in [1.165, 1.54) is 6.42 Å². The Morgan fingerprint density at radius 1 is 1.50 bits per heavy atom. The Kier molecular flexibility index (Phi) is 2.29. The molecule has 3 heteroatoms. The zero-order valence-electron chi connectivity index (χ0n) is 6.14. The maximum Gasteiger partial charge on any atom is 0.0293 e. The van der Waals surface area contributed by atoms with Crippen LogP contribution in [0.5, 0.6) is 0 Å². The van der Waals surface area contributed by atoms with E-state index in [9.17, 15) is 0 Å². The molecular formula is C7H15N3. The second-order valence-electron chi connectivity index (χ2n) is 2.89. The summed E-state index contributed by atoms with van der Waals surface area (Å²) in [5.41, 5.74) is 9.09. The van der Waals surface area contributed by atoms with Gasteiger partial charge in [-0.3, -0.25) is 11.3 Å². The van der Waals surface area contributed by atoms with Crippen LogP contribution >= 0.6 is 0 Å². The second kappa shape index (κ2) is 3.03. The number of nitrogens with two attached hydrogens (primary N) is 2. The Morgan fingerprint density at radius 2 is 2.20 bits per heavy atom. The highest BCUT2D eigenvalue weighted by molar-refractivity contribution is 5.02. The summed E-state index contributed by atoms with van der Waals surface area (Å²) in [5.74, 6) is 5.71. The number of nitrogens with one attached hydrogen (secondary N) is 1. The van der Waals surface area contributed by atoms with E-state index in [2.05, 4.69) is 12.0 Å². The highest BCUT2D eigenvalue weighted by Gasteiger charge is 2.26. The van der Waals surface area contributed by atoms with Gasteiger partial charge in [-0.25, -0.2) is 0 Å². The Labute approximate surface area is 61.4 Å². The van der Waals surface area contributed by atoms with E-state index >= 15 is 0 Å². The summed E-state index contributed by atoms with van der Waals surface area (Å²) in [6.07, 6.45) is 3.46. The smallest absolute Gasteiger partial charge is 0.0293 e. The fraction of sp³-hybridized carbons (Fsp3) is 0.714. The first-order valence-electron chi connectivity index (χ1n) is 3.66. The predicted octanol–water partition coefficient (Wildman–Crippen LogP) is 0.0908. The first-order valence-corrected chi connectivity index (χ1v) is 3.66. The van der Waals surface area contributed by atoms with Crippen LogP contribution in [-0.4, -0.2) is 6.04 Å². The normalized spacial score (nSPS) is 32.5.